The lowest BCUT2D eigenvalue weighted by Crippen LogP contribution is -2.50. The van der Waals surface area contributed by atoms with E-state index in [4.69, 9.17) is 25.8 Å². The summed E-state index contributed by atoms with van der Waals surface area (Å²) in [5.41, 5.74) is 0.813. The quantitative estimate of drug-likeness (QED) is 0.328. The van der Waals surface area contributed by atoms with Gasteiger partial charge in [0.15, 0.2) is 0 Å². The number of hydrogen-bond acceptors (Lipinski definition) is 8. The molecule has 10 nitrogen and oxygen atoms in total. The summed E-state index contributed by atoms with van der Waals surface area (Å²) in [6.07, 6.45) is -5.51. The first-order valence-electron chi connectivity index (χ1n) is 13.9. The van der Waals surface area contributed by atoms with E-state index < -0.39 is 36.0 Å². The number of β-amino-alcohol motifs (C(OH)–C–C–N with tert-alkyl or cyclic N) is 1. The first-order valence-corrected chi connectivity index (χ1v) is 14.4. The molecule has 1 spiro atoms. The van der Waals surface area contributed by atoms with Gasteiger partial charge in [-0.1, -0.05) is 18.2 Å². The number of aliphatic hydroxyl groups is 1. The largest absolute Gasteiger partial charge is 0.497 e. The van der Waals surface area contributed by atoms with E-state index in [-0.39, 0.29) is 42.9 Å². The highest BCUT2D eigenvalue weighted by atomic mass is 35.5. The molecule has 3 aliphatic rings. The van der Waals surface area contributed by atoms with Crippen LogP contribution in [-0.2, 0) is 9.53 Å². The Morgan fingerprint density at radius 3 is 2.63 bits per heavy atom. The summed E-state index contributed by atoms with van der Waals surface area (Å²) in [7, 11) is 1.47. The summed E-state index contributed by atoms with van der Waals surface area (Å²) >= 11 is 6.79. The van der Waals surface area contributed by atoms with Crippen molar-refractivity contribution in [1.29, 1.82) is 0 Å². The van der Waals surface area contributed by atoms with Crippen molar-refractivity contribution in [1.82, 2.24) is 9.80 Å². The molecule has 3 aliphatic heterocycles. The van der Waals surface area contributed by atoms with Gasteiger partial charge < -0.3 is 39.2 Å². The number of likely N-dealkylation sites (tertiary alicyclic amines) is 2. The standard InChI is InChI=1S/C29H33ClF3N3O7/c1-40-19-6-7-22(34-27(39)36-11-8-20(16-36)42-26(38)29(31,32)33)24(14-19)41-17-18(37)15-35-12-9-28(10-13-35)25(30)21-4-2-3-5-23(21)43-28/h2-7,14,18,20,25,37H,8-13,15-17H2,1H3,(H,34,39)/t18-,20-,25-/m0/s1. The van der Waals surface area contributed by atoms with E-state index >= 15 is 0 Å². The predicted molar refractivity (Wildman–Crippen MR) is 150 cm³/mol. The number of para-hydroxylation sites is 1. The van der Waals surface area contributed by atoms with Crippen molar-refractivity contribution in [2.75, 3.05) is 51.8 Å². The number of benzene rings is 2. The van der Waals surface area contributed by atoms with Crippen molar-refractivity contribution in [3.8, 4) is 17.2 Å². The molecular formula is C29H33ClF3N3O7. The summed E-state index contributed by atoms with van der Waals surface area (Å²) in [5.74, 6) is -0.767. The van der Waals surface area contributed by atoms with E-state index in [1.54, 1.807) is 18.2 Å². The number of methoxy groups -OCH3 is 1. The monoisotopic (exact) mass is 627 g/mol. The minimum Gasteiger partial charge on any atom is -0.497 e. The second-order valence-electron chi connectivity index (χ2n) is 10.9. The molecule has 2 N–H and O–H groups in total. The molecule has 2 fully saturated rings. The normalized spacial score (nSPS) is 22.0. The lowest BCUT2D eigenvalue weighted by Gasteiger charge is -2.40. The van der Waals surface area contributed by atoms with E-state index in [1.807, 2.05) is 24.3 Å². The zero-order chi connectivity index (χ0) is 30.8. The van der Waals surface area contributed by atoms with Crippen LogP contribution in [0, 0.1) is 0 Å². The molecule has 0 aliphatic carbocycles. The third kappa shape index (κ3) is 7.05. The van der Waals surface area contributed by atoms with Crippen molar-refractivity contribution in [2.24, 2.45) is 0 Å². The van der Waals surface area contributed by atoms with Crippen LogP contribution in [0.5, 0.6) is 17.2 Å². The molecule has 2 amide bonds. The van der Waals surface area contributed by atoms with Crippen molar-refractivity contribution >= 4 is 29.3 Å². The molecule has 234 valence electrons. The average molecular weight is 628 g/mol. The fraction of sp³-hybridized carbons (Fsp3) is 0.517. The van der Waals surface area contributed by atoms with Crippen LogP contribution < -0.4 is 19.5 Å². The second-order valence-corrected chi connectivity index (χ2v) is 11.3. The van der Waals surface area contributed by atoms with Gasteiger partial charge in [-0.2, -0.15) is 13.2 Å². The Bertz CT molecular complexity index is 1320. The topological polar surface area (TPSA) is 110 Å². The van der Waals surface area contributed by atoms with E-state index in [0.29, 0.717) is 38.2 Å². The van der Waals surface area contributed by atoms with Gasteiger partial charge in [-0.25, -0.2) is 9.59 Å². The van der Waals surface area contributed by atoms with Crippen LogP contribution in [0.4, 0.5) is 23.7 Å². The van der Waals surface area contributed by atoms with Gasteiger partial charge in [0.05, 0.1) is 19.3 Å². The highest BCUT2D eigenvalue weighted by Gasteiger charge is 2.49. The summed E-state index contributed by atoms with van der Waals surface area (Å²) in [4.78, 5) is 27.3. The fourth-order valence-electron chi connectivity index (χ4n) is 5.62. The molecule has 2 aromatic carbocycles. The van der Waals surface area contributed by atoms with Gasteiger partial charge in [0, 0.05) is 57.1 Å². The van der Waals surface area contributed by atoms with Gasteiger partial charge in [0.2, 0.25) is 0 Å². The summed E-state index contributed by atoms with van der Waals surface area (Å²) < 4.78 is 59.4. The van der Waals surface area contributed by atoms with Crippen molar-refractivity contribution < 1.29 is 46.8 Å². The molecule has 0 unspecified atom stereocenters. The number of alkyl halides is 4. The number of nitrogens with one attached hydrogen (secondary N) is 1. The molecule has 3 heterocycles. The van der Waals surface area contributed by atoms with Gasteiger partial charge in [0.1, 0.15) is 47.0 Å². The van der Waals surface area contributed by atoms with E-state index in [1.165, 1.54) is 12.0 Å². The maximum absolute atomic E-state index is 12.8. The number of carbonyl (C=O) groups is 2. The van der Waals surface area contributed by atoms with Gasteiger partial charge in [0.25, 0.3) is 0 Å². The summed E-state index contributed by atoms with van der Waals surface area (Å²) in [6.45, 7) is 1.57. The molecule has 5 rings (SSSR count). The highest BCUT2D eigenvalue weighted by molar-refractivity contribution is 6.22. The van der Waals surface area contributed by atoms with Crippen LogP contribution in [0.25, 0.3) is 0 Å². The number of fused-ring (bicyclic) bond motifs is 1. The first kappa shape index (κ1) is 31.0. The minimum absolute atomic E-state index is 0.0725. The van der Waals surface area contributed by atoms with E-state index in [2.05, 4.69) is 15.0 Å². The molecule has 14 heteroatoms. The number of hydrogen-bond donors (Lipinski definition) is 2. The molecule has 0 saturated carbocycles. The molecule has 43 heavy (non-hydrogen) atoms. The number of rotatable bonds is 8. The summed E-state index contributed by atoms with van der Waals surface area (Å²) in [6, 6.07) is 11.9. The van der Waals surface area contributed by atoms with E-state index in [9.17, 15) is 27.9 Å². The lowest BCUT2D eigenvalue weighted by molar-refractivity contribution is -0.204. The summed E-state index contributed by atoms with van der Waals surface area (Å²) in [5, 5.41) is 13.2. The number of amides is 2. The third-order valence-electron chi connectivity index (χ3n) is 7.94. The molecule has 3 atom stereocenters. The molecular weight excluding hydrogens is 595 g/mol. The van der Waals surface area contributed by atoms with Crippen LogP contribution >= 0.6 is 11.6 Å². The van der Waals surface area contributed by atoms with Gasteiger partial charge in [-0.05, 0) is 18.2 Å². The van der Waals surface area contributed by atoms with Crippen LogP contribution in [0.15, 0.2) is 42.5 Å². The lowest BCUT2D eigenvalue weighted by atomic mass is 9.86. The Morgan fingerprint density at radius 2 is 1.93 bits per heavy atom. The van der Waals surface area contributed by atoms with Crippen molar-refractivity contribution in [2.45, 2.75) is 48.6 Å². The average Bonchev–Trinajstić information content (AvgIpc) is 3.56. The number of halogens is 4. The Balaban J connectivity index is 1.12. The van der Waals surface area contributed by atoms with Crippen molar-refractivity contribution in [3.05, 3.63) is 48.0 Å². The SMILES string of the molecule is COc1ccc(NC(=O)N2CC[C@H](OC(=O)C(F)(F)F)C2)c(OC[C@@H](O)CN2CCC3(CC2)Oc2ccccc2[C@@H]3Cl)c1. The third-order valence-corrected chi connectivity index (χ3v) is 8.57. The number of aliphatic hydroxyl groups excluding tert-OH is 1. The molecule has 0 radical (unpaired) electrons. The number of piperidine rings is 1. The van der Waals surface area contributed by atoms with Crippen molar-refractivity contribution in [3.63, 3.8) is 0 Å². The Morgan fingerprint density at radius 1 is 1.19 bits per heavy atom. The number of nitrogens with zero attached hydrogens (tertiary/aromatic N) is 2. The number of anilines is 1. The maximum atomic E-state index is 12.8. The minimum atomic E-state index is -5.10. The highest BCUT2D eigenvalue weighted by Crippen LogP contribution is 2.51. The van der Waals surface area contributed by atoms with Crippen LogP contribution in [0.2, 0.25) is 0 Å². The zero-order valence-corrected chi connectivity index (χ0v) is 24.2. The zero-order valence-electron chi connectivity index (χ0n) is 23.4. The molecule has 2 saturated heterocycles. The Labute approximate surface area is 251 Å². The van der Waals surface area contributed by atoms with Crippen LogP contribution in [0.3, 0.4) is 0 Å². The number of esters is 1. The van der Waals surface area contributed by atoms with Gasteiger partial charge >= 0.3 is 18.2 Å². The first-order chi connectivity index (χ1) is 20.5. The maximum Gasteiger partial charge on any atom is 0.490 e. The van der Waals surface area contributed by atoms with Crippen LogP contribution in [-0.4, -0.2) is 97.3 Å². The Kier molecular flexibility index (Phi) is 9.14. The Hall–Kier alpha value is -3.42. The fourth-order valence-corrected chi connectivity index (χ4v) is 6.06. The predicted octanol–water partition coefficient (Wildman–Crippen LogP) is 4.35. The van der Waals surface area contributed by atoms with Crippen LogP contribution in [0.1, 0.15) is 30.2 Å². The van der Waals surface area contributed by atoms with E-state index in [0.717, 1.165) is 11.3 Å². The molecule has 0 bridgehead atoms. The van der Waals surface area contributed by atoms with Gasteiger partial charge in [-0.15, -0.1) is 11.6 Å². The molecule has 2 aromatic rings. The number of urea groups is 1. The second kappa shape index (κ2) is 12.7. The smallest absolute Gasteiger partial charge is 0.490 e. The molecule has 0 aromatic heterocycles. The van der Waals surface area contributed by atoms with Gasteiger partial charge in [-0.3, -0.25) is 0 Å². The number of carbonyl (C=O) groups excluding carboxylic acids is 2. The number of ether oxygens (including phenoxy) is 4.